The normalized spacial score (nSPS) is 13.1. The highest BCUT2D eigenvalue weighted by Crippen LogP contribution is 2.50. The number of benzene rings is 4. The van der Waals surface area contributed by atoms with Crippen LogP contribution in [0.5, 0.6) is 0 Å². The summed E-state index contributed by atoms with van der Waals surface area (Å²) in [6, 6.07) is 12.6. The molecule has 11 nitrogen and oxygen atoms in total. The lowest BCUT2D eigenvalue weighted by molar-refractivity contribution is 0.484. The summed E-state index contributed by atoms with van der Waals surface area (Å²) in [5.41, 5.74) is 0.508. The van der Waals surface area contributed by atoms with Crippen LogP contribution in [0.25, 0.3) is 43.1 Å². The van der Waals surface area contributed by atoms with E-state index in [2.05, 4.69) is 19.9 Å². The van der Waals surface area contributed by atoms with Crippen LogP contribution in [0.15, 0.2) is 67.3 Å². The molecule has 0 saturated carbocycles. The minimum atomic E-state index is -5.05. The summed E-state index contributed by atoms with van der Waals surface area (Å²) in [5.74, 6) is 0.813. The van der Waals surface area contributed by atoms with Gasteiger partial charge in [-0.2, -0.15) is 8.42 Å². The van der Waals surface area contributed by atoms with Gasteiger partial charge in [0.1, 0.15) is 50.1 Å². The van der Waals surface area contributed by atoms with Crippen LogP contribution in [0.2, 0.25) is 40.2 Å². The van der Waals surface area contributed by atoms with E-state index in [1.54, 1.807) is 24.3 Å². The van der Waals surface area contributed by atoms with Crippen LogP contribution in [0.3, 0.4) is 0 Å². The molecule has 20 heteroatoms. The van der Waals surface area contributed by atoms with Crippen molar-refractivity contribution < 1.29 is 13.0 Å². The molecule has 52 heavy (non-hydrogen) atoms. The van der Waals surface area contributed by atoms with Gasteiger partial charge in [0, 0.05) is 26.9 Å². The fourth-order valence-corrected chi connectivity index (χ4v) is 9.49. The monoisotopic (exact) mass is 868 g/mol. The zero-order chi connectivity index (χ0) is 36.5. The number of H-pyrrole nitrogens is 4. The molecule has 0 fully saturated rings. The van der Waals surface area contributed by atoms with Crippen molar-refractivity contribution in [1.82, 2.24) is 19.9 Å². The van der Waals surface area contributed by atoms with E-state index >= 15 is 0 Å². The molecule has 1 aliphatic rings. The molecule has 0 radical (unpaired) electrons. The number of nitrogens with zero attached hydrogens (tertiary/aromatic N) is 4. The minimum absolute atomic E-state index is 0.00549. The molecular weight excluding hydrogens is 860 g/mol. The molecule has 0 spiro atoms. The van der Waals surface area contributed by atoms with E-state index in [0.29, 0.717) is 43.4 Å². The SMILES string of the molecule is O=S(=O)(O)c1c(Cl)c(Cl)c(Cl)c2c3[nH]c(c12)=Nc1[nH]c(c2ccccc12)N=c1[nH]c(c2c(Cl)cccc12)=Nc1[nH]c(c2c(Cl)c(Cl)c(Cl)c(Cl)c12)N=3. The Hall–Kier alpha value is -3.53. The van der Waals surface area contributed by atoms with Crippen LogP contribution in [-0.2, 0) is 10.1 Å². The maximum Gasteiger partial charge on any atom is 0.296 e. The van der Waals surface area contributed by atoms with Gasteiger partial charge in [0.15, 0.2) is 0 Å². The number of aromatic nitrogens is 4. The number of hydrogen-bond donors (Lipinski definition) is 5. The second-order valence-electron chi connectivity index (χ2n) is 11.4. The van der Waals surface area contributed by atoms with Crippen LogP contribution in [0.1, 0.15) is 0 Å². The summed E-state index contributed by atoms with van der Waals surface area (Å²) in [6.45, 7) is 0. The van der Waals surface area contributed by atoms with Gasteiger partial charge >= 0.3 is 0 Å². The summed E-state index contributed by atoms with van der Waals surface area (Å²) in [4.78, 5) is 31.3. The maximum absolute atomic E-state index is 12.9. The van der Waals surface area contributed by atoms with Crippen molar-refractivity contribution in [3.8, 4) is 0 Å². The first-order chi connectivity index (χ1) is 24.7. The first kappa shape index (κ1) is 34.3. The van der Waals surface area contributed by atoms with Crippen molar-refractivity contribution >= 4 is 169 Å². The van der Waals surface area contributed by atoms with Crippen molar-refractivity contribution in [2.75, 3.05) is 0 Å². The summed E-state index contributed by atoms with van der Waals surface area (Å²) < 4.78 is 36.3. The Balaban J connectivity index is 1.59. The Morgan fingerprint density at radius 2 is 0.885 bits per heavy atom. The van der Waals surface area contributed by atoms with Crippen molar-refractivity contribution in [2.45, 2.75) is 4.90 Å². The zero-order valence-electron chi connectivity index (χ0n) is 25.0. The maximum atomic E-state index is 12.9. The first-order valence-electron chi connectivity index (χ1n) is 14.6. The van der Waals surface area contributed by atoms with E-state index < -0.39 is 20.0 Å². The molecule has 1 aliphatic heterocycles. The summed E-state index contributed by atoms with van der Waals surface area (Å²) >= 11 is 53.1. The lowest BCUT2D eigenvalue weighted by Gasteiger charge is -2.07. The van der Waals surface area contributed by atoms with Gasteiger partial charge in [-0.15, -0.1) is 0 Å². The van der Waals surface area contributed by atoms with E-state index in [9.17, 15) is 13.0 Å². The van der Waals surface area contributed by atoms with E-state index in [-0.39, 0.29) is 80.1 Å². The molecule has 0 saturated heterocycles. The second kappa shape index (κ2) is 12.0. The quantitative estimate of drug-likeness (QED) is 0.0630. The Bertz CT molecular complexity index is 3330. The molecule has 0 amide bonds. The number of hydrogen-bond acceptors (Lipinski definition) is 6. The van der Waals surface area contributed by atoms with Crippen molar-refractivity contribution in [1.29, 1.82) is 0 Å². The van der Waals surface area contributed by atoms with Crippen LogP contribution >= 0.6 is 92.8 Å². The lowest BCUT2D eigenvalue weighted by atomic mass is 10.2. The van der Waals surface area contributed by atoms with E-state index in [1.165, 1.54) is 0 Å². The van der Waals surface area contributed by atoms with Crippen LogP contribution < -0.4 is 22.0 Å². The smallest absolute Gasteiger partial charge is 0.296 e. The summed E-state index contributed by atoms with van der Waals surface area (Å²) in [7, 11) is -5.05. The predicted molar refractivity (Wildman–Crippen MR) is 206 cm³/mol. The molecule has 260 valence electrons. The molecule has 4 aromatic carbocycles. The van der Waals surface area contributed by atoms with Gasteiger partial charge in [-0.25, -0.2) is 20.0 Å². The highest BCUT2D eigenvalue weighted by atomic mass is 35.5. The summed E-state index contributed by atoms with van der Waals surface area (Å²) in [6.07, 6.45) is 0. The second-order valence-corrected chi connectivity index (χ2v) is 15.9. The Morgan fingerprint density at radius 3 is 1.48 bits per heavy atom. The number of nitrogens with one attached hydrogen (secondary N) is 4. The molecule has 0 atom stereocenters. The first-order valence-corrected chi connectivity index (χ1v) is 19.1. The molecule has 8 bridgehead atoms. The number of halogens is 8. The third-order valence-electron chi connectivity index (χ3n) is 8.54. The summed E-state index contributed by atoms with van der Waals surface area (Å²) in [5, 5.41) is 1.81. The van der Waals surface area contributed by atoms with Crippen molar-refractivity contribution in [2.24, 2.45) is 20.0 Å². The minimum Gasteiger partial charge on any atom is -0.324 e. The van der Waals surface area contributed by atoms with Crippen LogP contribution in [0.4, 0.5) is 23.3 Å². The van der Waals surface area contributed by atoms with Gasteiger partial charge in [-0.1, -0.05) is 129 Å². The van der Waals surface area contributed by atoms with Gasteiger partial charge in [-0.05, 0) is 6.07 Å². The third-order valence-corrected chi connectivity index (χ3v) is 13.0. The fourth-order valence-electron chi connectivity index (χ4n) is 6.36. The number of aromatic amines is 4. The Kier molecular flexibility index (Phi) is 7.90. The highest BCUT2D eigenvalue weighted by Gasteiger charge is 2.29. The molecule has 4 aromatic heterocycles. The molecule has 5 heterocycles. The highest BCUT2D eigenvalue weighted by molar-refractivity contribution is 7.86. The van der Waals surface area contributed by atoms with Gasteiger partial charge < -0.3 is 19.9 Å². The molecule has 9 rings (SSSR count). The molecule has 8 aromatic rings. The van der Waals surface area contributed by atoms with E-state index in [0.717, 1.165) is 0 Å². The van der Waals surface area contributed by atoms with Gasteiger partial charge in [0.05, 0.1) is 56.3 Å². The fraction of sp³-hybridized carbons (Fsp3) is 0. The average Bonchev–Trinajstić information content (AvgIpc) is 3.84. The van der Waals surface area contributed by atoms with E-state index in [4.69, 9.17) is 113 Å². The van der Waals surface area contributed by atoms with Crippen molar-refractivity contribution in [3.05, 3.63) is 105 Å². The molecule has 5 N–H and O–H groups in total. The van der Waals surface area contributed by atoms with Gasteiger partial charge in [0.2, 0.25) is 0 Å². The molecule has 0 aliphatic carbocycles. The lowest BCUT2D eigenvalue weighted by Crippen LogP contribution is -2.11. The zero-order valence-corrected chi connectivity index (χ0v) is 31.9. The molecule has 0 unspecified atom stereocenters. The predicted octanol–water partition coefficient (Wildman–Crippen LogP) is 10.2. The van der Waals surface area contributed by atoms with Gasteiger partial charge in [0.25, 0.3) is 10.1 Å². The topological polar surface area (TPSA) is 167 Å². The van der Waals surface area contributed by atoms with Crippen LogP contribution in [-0.4, -0.2) is 32.9 Å². The van der Waals surface area contributed by atoms with Crippen LogP contribution in [0, 0.1) is 0 Å². The standard InChI is InChI=1S/C32H12Cl8N8O3S/c33-11-7-3-6-10-12(11)28-44-27(10)42-25-8-4-1-2-5-9(8)26(41-25)43-32-16-15(19(36)22(39)23(40)24(16)52(49,50)51)31(48-32)47-30-14-13(29(45-28)46-30)17(34)20(37)21(38)18(14)35/h1-7H,(H,49,50,51)(H4,41,42,43,44,45,46,47,48). The Morgan fingerprint density at radius 1 is 0.442 bits per heavy atom. The van der Waals surface area contributed by atoms with E-state index in [1.807, 2.05) is 18.2 Å². The number of fused-ring (bicyclic) bond motifs is 20. The van der Waals surface area contributed by atoms with Crippen molar-refractivity contribution in [3.63, 3.8) is 0 Å². The molecular formula is C32H12Cl8N8O3S. The average molecular weight is 872 g/mol. The third kappa shape index (κ3) is 4.94. The van der Waals surface area contributed by atoms with Gasteiger partial charge in [-0.3, -0.25) is 4.55 Å². The number of rotatable bonds is 1. The Labute approximate surface area is 329 Å². The largest absolute Gasteiger partial charge is 0.324 e.